The maximum atomic E-state index is 13.4. The van der Waals surface area contributed by atoms with Crippen LogP contribution in [0.3, 0.4) is 0 Å². The van der Waals surface area contributed by atoms with E-state index in [-0.39, 0.29) is 4.88 Å². The number of thiophene rings is 1. The number of sulfone groups is 1. The van der Waals surface area contributed by atoms with E-state index in [1.807, 2.05) is 0 Å². The maximum Gasteiger partial charge on any atom is 0.188 e. The lowest BCUT2D eigenvalue weighted by Crippen LogP contribution is -2.16. The van der Waals surface area contributed by atoms with Crippen LogP contribution in [0.2, 0.25) is 0 Å². The number of halogens is 2. The van der Waals surface area contributed by atoms with Crippen LogP contribution in [0.15, 0.2) is 40.6 Å². The molecule has 1 aromatic carbocycles. The molecule has 3 nitrogen and oxygen atoms in total. The largest absolute Gasteiger partial charge is 0.292 e. The zero-order valence-corrected chi connectivity index (χ0v) is 11.1. The van der Waals surface area contributed by atoms with Gasteiger partial charge < -0.3 is 0 Å². The van der Waals surface area contributed by atoms with E-state index in [1.54, 1.807) is 11.4 Å². The van der Waals surface area contributed by atoms with Gasteiger partial charge in [-0.05, 0) is 23.6 Å². The molecule has 1 aromatic heterocycles. The Balaban J connectivity index is 2.30. The van der Waals surface area contributed by atoms with Crippen molar-refractivity contribution in [2.24, 2.45) is 0 Å². The summed E-state index contributed by atoms with van der Waals surface area (Å²) >= 11 is 1.11. The third-order valence-electron chi connectivity index (χ3n) is 2.35. The maximum absolute atomic E-state index is 13.4. The smallest absolute Gasteiger partial charge is 0.188 e. The first-order valence-corrected chi connectivity index (χ1v) is 7.68. The van der Waals surface area contributed by atoms with E-state index in [1.165, 1.54) is 6.07 Å². The number of rotatable bonds is 4. The Morgan fingerprint density at radius 3 is 2.53 bits per heavy atom. The Bertz CT molecular complexity index is 707. The summed E-state index contributed by atoms with van der Waals surface area (Å²) in [4.78, 5) is 11.3. The molecule has 0 aliphatic heterocycles. The molecular weight excluding hydrogens is 294 g/mol. The van der Waals surface area contributed by atoms with E-state index < -0.39 is 37.9 Å². The van der Waals surface area contributed by atoms with Gasteiger partial charge in [0.15, 0.2) is 15.6 Å². The van der Waals surface area contributed by atoms with Crippen LogP contribution in [0.5, 0.6) is 0 Å². The third-order valence-corrected chi connectivity index (χ3v) is 4.90. The minimum atomic E-state index is -4.12. The molecule has 0 N–H and O–H groups in total. The molecule has 19 heavy (non-hydrogen) atoms. The Hall–Kier alpha value is -1.60. The van der Waals surface area contributed by atoms with Crippen LogP contribution in [-0.4, -0.2) is 20.0 Å². The molecule has 1 heterocycles. The topological polar surface area (TPSA) is 51.2 Å². The van der Waals surface area contributed by atoms with Gasteiger partial charge in [0.1, 0.15) is 22.3 Å². The van der Waals surface area contributed by atoms with E-state index in [2.05, 4.69) is 0 Å². The molecule has 7 heteroatoms. The predicted octanol–water partition coefficient (Wildman–Crippen LogP) is 2.68. The van der Waals surface area contributed by atoms with Crippen molar-refractivity contribution in [3.05, 3.63) is 52.2 Å². The molecule has 0 saturated carbocycles. The van der Waals surface area contributed by atoms with Gasteiger partial charge in [-0.15, -0.1) is 11.3 Å². The average Bonchev–Trinajstić information content (AvgIpc) is 2.80. The molecule has 0 atom stereocenters. The first-order valence-electron chi connectivity index (χ1n) is 5.14. The third kappa shape index (κ3) is 3.05. The molecular formula is C12H8F2O3S2. The van der Waals surface area contributed by atoms with Gasteiger partial charge in [-0.3, -0.25) is 4.79 Å². The molecule has 2 aromatic rings. The number of carbonyl (C=O) groups is 1. The van der Waals surface area contributed by atoms with E-state index in [4.69, 9.17) is 0 Å². The fourth-order valence-electron chi connectivity index (χ4n) is 1.49. The second-order valence-electron chi connectivity index (χ2n) is 3.73. The summed E-state index contributed by atoms with van der Waals surface area (Å²) < 4.78 is 49.9. The van der Waals surface area contributed by atoms with Crippen LogP contribution in [0.1, 0.15) is 9.67 Å². The van der Waals surface area contributed by atoms with Crippen molar-refractivity contribution in [1.29, 1.82) is 0 Å². The van der Waals surface area contributed by atoms with Gasteiger partial charge in [0.05, 0.1) is 4.88 Å². The SMILES string of the molecule is O=C(CS(=O)(=O)c1ccc(F)cc1F)c1cccs1. The lowest BCUT2D eigenvalue weighted by atomic mass is 10.3. The van der Waals surface area contributed by atoms with Crippen LogP contribution in [0, 0.1) is 11.6 Å². The van der Waals surface area contributed by atoms with Crippen LogP contribution >= 0.6 is 11.3 Å². The molecule has 100 valence electrons. The molecule has 0 bridgehead atoms. The van der Waals surface area contributed by atoms with Gasteiger partial charge in [-0.1, -0.05) is 6.07 Å². The molecule has 0 saturated heterocycles. The second kappa shape index (κ2) is 5.18. The van der Waals surface area contributed by atoms with Crippen molar-refractivity contribution in [3.8, 4) is 0 Å². The highest BCUT2D eigenvalue weighted by atomic mass is 32.2. The molecule has 2 rings (SSSR count). The Kier molecular flexibility index (Phi) is 3.77. The van der Waals surface area contributed by atoms with Crippen LogP contribution < -0.4 is 0 Å². The highest BCUT2D eigenvalue weighted by Gasteiger charge is 2.24. The minimum absolute atomic E-state index is 0.283. The fourth-order valence-corrected chi connectivity index (χ4v) is 3.53. The average molecular weight is 302 g/mol. The predicted molar refractivity (Wildman–Crippen MR) is 67.1 cm³/mol. The summed E-state index contributed by atoms with van der Waals surface area (Å²) in [5, 5.41) is 1.64. The summed E-state index contributed by atoms with van der Waals surface area (Å²) in [7, 11) is -4.12. The second-order valence-corrected chi connectivity index (χ2v) is 6.64. The molecule has 0 fully saturated rings. The van der Waals surface area contributed by atoms with Gasteiger partial charge in [0.2, 0.25) is 0 Å². The number of hydrogen-bond acceptors (Lipinski definition) is 4. The Morgan fingerprint density at radius 1 is 1.21 bits per heavy atom. The molecule has 0 spiro atoms. The van der Waals surface area contributed by atoms with E-state index in [0.29, 0.717) is 6.07 Å². The number of benzene rings is 1. The highest BCUT2D eigenvalue weighted by Crippen LogP contribution is 2.19. The summed E-state index contributed by atoms with van der Waals surface area (Å²) in [6.45, 7) is 0. The van der Waals surface area contributed by atoms with Crippen LogP contribution in [0.25, 0.3) is 0 Å². The van der Waals surface area contributed by atoms with Crippen LogP contribution in [-0.2, 0) is 9.84 Å². The van der Waals surface area contributed by atoms with Gasteiger partial charge >= 0.3 is 0 Å². The van der Waals surface area contributed by atoms with Crippen molar-refractivity contribution >= 4 is 27.0 Å². The number of hydrogen-bond donors (Lipinski definition) is 0. The molecule has 0 amide bonds. The lowest BCUT2D eigenvalue weighted by Gasteiger charge is -2.04. The van der Waals surface area contributed by atoms with Crippen molar-refractivity contribution in [2.75, 3.05) is 5.75 Å². The van der Waals surface area contributed by atoms with E-state index in [9.17, 15) is 22.0 Å². The standard InChI is InChI=1S/C12H8F2O3S2/c13-8-3-4-12(9(14)6-8)19(16,17)7-10(15)11-2-1-5-18-11/h1-6H,7H2. The van der Waals surface area contributed by atoms with E-state index >= 15 is 0 Å². The van der Waals surface area contributed by atoms with Gasteiger partial charge in [-0.2, -0.15) is 0 Å². The molecule has 0 radical (unpaired) electrons. The zero-order valence-electron chi connectivity index (χ0n) is 9.47. The number of Topliss-reactive ketones (excluding diaryl/α,β-unsaturated/α-hetero) is 1. The quantitative estimate of drug-likeness (QED) is 0.644. The van der Waals surface area contributed by atoms with Gasteiger partial charge in [-0.25, -0.2) is 17.2 Å². The van der Waals surface area contributed by atoms with Gasteiger partial charge in [0, 0.05) is 6.07 Å². The summed E-state index contributed by atoms with van der Waals surface area (Å²) in [6, 6.07) is 5.24. The normalized spacial score (nSPS) is 11.5. The minimum Gasteiger partial charge on any atom is -0.292 e. The first kappa shape index (κ1) is 13.8. The molecule has 0 aliphatic carbocycles. The highest BCUT2D eigenvalue weighted by molar-refractivity contribution is 7.92. The van der Waals surface area contributed by atoms with Crippen molar-refractivity contribution in [3.63, 3.8) is 0 Å². The van der Waals surface area contributed by atoms with Crippen molar-refractivity contribution < 1.29 is 22.0 Å². The monoisotopic (exact) mass is 302 g/mol. The summed E-state index contributed by atoms with van der Waals surface area (Å²) in [5.74, 6) is -3.52. The van der Waals surface area contributed by atoms with Crippen molar-refractivity contribution in [2.45, 2.75) is 4.90 Å². The lowest BCUT2D eigenvalue weighted by molar-refractivity contribution is 0.102. The van der Waals surface area contributed by atoms with E-state index in [0.717, 1.165) is 23.5 Å². The molecule has 0 aliphatic rings. The summed E-state index contributed by atoms with van der Waals surface area (Å²) in [6.07, 6.45) is 0. The van der Waals surface area contributed by atoms with Crippen LogP contribution in [0.4, 0.5) is 8.78 Å². The zero-order chi connectivity index (χ0) is 14.0. The molecule has 0 unspecified atom stereocenters. The number of ketones is 1. The Morgan fingerprint density at radius 2 is 1.95 bits per heavy atom. The van der Waals surface area contributed by atoms with Gasteiger partial charge in [0.25, 0.3) is 0 Å². The van der Waals surface area contributed by atoms with Crippen molar-refractivity contribution in [1.82, 2.24) is 0 Å². The Labute approximate surface area is 112 Å². The first-order chi connectivity index (χ1) is 8.90. The summed E-state index contributed by atoms with van der Waals surface area (Å²) in [5.41, 5.74) is 0. The number of carbonyl (C=O) groups excluding carboxylic acids is 1. The fraction of sp³-hybridized carbons (Fsp3) is 0.0833.